The van der Waals surface area contributed by atoms with Gasteiger partial charge in [-0.3, -0.25) is 4.98 Å². The number of rotatable bonds is 3. The summed E-state index contributed by atoms with van der Waals surface area (Å²) in [7, 11) is 1.78. The Morgan fingerprint density at radius 1 is 1.32 bits per heavy atom. The zero-order valence-electron chi connectivity index (χ0n) is 9.92. The van der Waals surface area contributed by atoms with E-state index in [9.17, 15) is 4.39 Å². The second-order valence-electron chi connectivity index (χ2n) is 3.91. The van der Waals surface area contributed by atoms with Gasteiger partial charge < -0.3 is 5.32 Å². The van der Waals surface area contributed by atoms with Crippen molar-refractivity contribution in [2.75, 3.05) is 7.05 Å². The first-order valence-corrected chi connectivity index (χ1v) is 7.42. The first-order valence-electron chi connectivity index (χ1n) is 5.46. The topological polar surface area (TPSA) is 24.9 Å². The van der Waals surface area contributed by atoms with Gasteiger partial charge in [0.15, 0.2) is 0 Å². The molecule has 0 aliphatic carbocycles. The number of aromatic nitrogens is 1. The van der Waals surface area contributed by atoms with Crippen LogP contribution in [0.5, 0.6) is 0 Å². The van der Waals surface area contributed by atoms with Crippen LogP contribution in [-0.2, 0) is 0 Å². The average molecular weight is 408 g/mol. The number of nitrogens with one attached hydrogen (secondary N) is 1. The van der Waals surface area contributed by atoms with Gasteiger partial charge in [-0.25, -0.2) is 4.39 Å². The van der Waals surface area contributed by atoms with E-state index in [1.165, 1.54) is 12.1 Å². The molecule has 2 nitrogen and oxygen atoms in total. The quantitative estimate of drug-likeness (QED) is 0.796. The molecule has 1 unspecified atom stereocenters. The summed E-state index contributed by atoms with van der Waals surface area (Å²) in [5.41, 5.74) is 1.40. The van der Waals surface area contributed by atoms with Gasteiger partial charge in [0.05, 0.1) is 11.7 Å². The van der Waals surface area contributed by atoms with Crippen molar-refractivity contribution in [2.24, 2.45) is 0 Å². The molecule has 1 atom stereocenters. The molecule has 1 heterocycles. The van der Waals surface area contributed by atoms with Gasteiger partial charge in [-0.1, -0.05) is 11.6 Å². The zero-order valence-corrected chi connectivity index (χ0v) is 13.9. The third-order valence-corrected chi connectivity index (χ3v) is 4.08. The summed E-state index contributed by atoms with van der Waals surface area (Å²) < 4.78 is 15.1. The standard InChI is InChI=1S/C13H10Br2ClFN2/c1-18-12(9-5-8(17)2-3-11(9)16)13-10(15)4-7(14)6-19-13/h2-6,12,18H,1H3. The van der Waals surface area contributed by atoms with Crippen LogP contribution in [0.25, 0.3) is 0 Å². The number of hydrogen-bond acceptors (Lipinski definition) is 2. The summed E-state index contributed by atoms with van der Waals surface area (Å²) in [6.07, 6.45) is 1.69. The summed E-state index contributed by atoms with van der Waals surface area (Å²) >= 11 is 13.0. The smallest absolute Gasteiger partial charge is 0.123 e. The number of pyridine rings is 1. The van der Waals surface area contributed by atoms with Crippen molar-refractivity contribution in [1.29, 1.82) is 0 Å². The number of hydrogen-bond donors (Lipinski definition) is 1. The highest BCUT2D eigenvalue weighted by atomic mass is 79.9. The van der Waals surface area contributed by atoms with Gasteiger partial charge in [-0.2, -0.15) is 0 Å². The molecular weight excluding hydrogens is 398 g/mol. The Bertz CT molecular complexity index is 607. The fourth-order valence-electron chi connectivity index (χ4n) is 1.81. The second-order valence-corrected chi connectivity index (χ2v) is 6.09. The van der Waals surface area contributed by atoms with Crippen molar-refractivity contribution >= 4 is 43.5 Å². The Hall–Kier alpha value is -0.490. The third kappa shape index (κ3) is 3.34. The summed E-state index contributed by atoms with van der Waals surface area (Å²) in [5.74, 6) is -0.326. The zero-order chi connectivity index (χ0) is 14.0. The van der Waals surface area contributed by atoms with Crippen molar-refractivity contribution in [3.8, 4) is 0 Å². The van der Waals surface area contributed by atoms with Gasteiger partial charge >= 0.3 is 0 Å². The molecule has 0 aliphatic rings. The normalized spacial score (nSPS) is 12.5. The summed E-state index contributed by atoms with van der Waals surface area (Å²) in [4.78, 5) is 4.36. The number of halogens is 4. The predicted octanol–water partition coefficient (Wildman–Crippen LogP) is 4.71. The highest BCUT2D eigenvalue weighted by molar-refractivity contribution is 9.11. The van der Waals surface area contributed by atoms with E-state index in [-0.39, 0.29) is 11.9 Å². The van der Waals surface area contributed by atoms with Crippen molar-refractivity contribution < 1.29 is 4.39 Å². The van der Waals surface area contributed by atoms with E-state index >= 15 is 0 Å². The summed E-state index contributed by atoms with van der Waals surface area (Å²) in [6, 6.07) is 5.90. The minimum Gasteiger partial charge on any atom is -0.308 e. The van der Waals surface area contributed by atoms with Crippen LogP contribution in [-0.4, -0.2) is 12.0 Å². The van der Waals surface area contributed by atoms with E-state index < -0.39 is 0 Å². The van der Waals surface area contributed by atoms with Crippen LogP contribution in [0.3, 0.4) is 0 Å². The fraction of sp³-hybridized carbons (Fsp3) is 0.154. The minimum absolute atomic E-state index is 0.286. The van der Waals surface area contributed by atoms with E-state index in [2.05, 4.69) is 42.2 Å². The molecule has 0 aliphatic heterocycles. The lowest BCUT2D eigenvalue weighted by molar-refractivity contribution is 0.613. The average Bonchev–Trinajstić information content (AvgIpc) is 2.36. The monoisotopic (exact) mass is 406 g/mol. The van der Waals surface area contributed by atoms with Crippen molar-refractivity contribution in [3.63, 3.8) is 0 Å². The Labute approximate surface area is 132 Å². The molecule has 1 aromatic carbocycles. The van der Waals surface area contributed by atoms with E-state index in [1.807, 2.05) is 6.07 Å². The maximum absolute atomic E-state index is 13.4. The van der Waals surface area contributed by atoms with Gasteiger partial charge in [0.25, 0.3) is 0 Å². The molecule has 19 heavy (non-hydrogen) atoms. The summed E-state index contributed by atoms with van der Waals surface area (Å²) in [5, 5.41) is 3.60. The first kappa shape index (κ1) is 14.9. The van der Waals surface area contributed by atoms with Crippen LogP contribution in [0.1, 0.15) is 17.3 Å². The van der Waals surface area contributed by atoms with Crippen LogP contribution < -0.4 is 5.32 Å². The molecule has 1 N–H and O–H groups in total. The lowest BCUT2D eigenvalue weighted by Gasteiger charge is -2.19. The number of nitrogens with zero attached hydrogens (tertiary/aromatic N) is 1. The molecule has 0 fully saturated rings. The van der Waals surface area contributed by atoms with Crippen LogP contribution in [0.4, 0.5) is 4.39 Å². The van der Waals surface area contributed by atoms with Gasteiger partial charge in [0.2, 0.25) is 0 Å². The Balaban J connectivity index is 2.52. The molecule has 2 rings (SSSR count). The number of benzene rings is 1. The molecule has 2 aromatic rings. The van der Waals surface area contributed by atoms with E-state index in [0.717, 1.165) is 14.6 Å². The lowest BCUT2D eigenvalue weighted by Crippen LogP contribution is -2.20. The van der Waals surface area contributed by atoms with Crippen LogP contribution in [0.2, 0.25) is 5.02 Å². The summed E-state index contributed by atoms with van der Waals surface area (Å²) in [6.45, 7) is 0. The van der Waals surface area contributed by atoms with Crippen molar-refractivity contribution in [3.05, 3.63) is 61.5 Å². The molecule has 0 saturated heterocycles. The molecule has 100 valence electrons. The maximum atomic E-state index is 13.4. The van der Waals surface area contributed by atoms with E-state index in [0.29, 0.717) is 10.6 Å². The molecule has 0 spiro atoms. The Kier molecular flexibility index (Phi) is 4.95. The maximum Gasteiger partial charge on any atom is 0.123 e. The Morgan fingerprint density at radius 2 is 2.05 bits per heavy atom. The molecular formula is C13H10Br2ClFN2. The molecule has 0 amide bonds. The van der Waals surface area contributed by atoms with Gasteiger partial charge in [0.1, 0.15) is 5.82 Å². The minimum atomic E-state index is -0.326. The highest BCUT2D eigenvalue weighted by Crippen LogP contribution is 2.32. The van der Waals surface area contributed by atoms with Crippen LogP contribution in [0, 0.1) is 5.82 Å². The van der Waals surface area contributed by atoms with E-state index in [4.69, 9.17) is 11.6 Å². The molecule has 6 heteroatoms. The van der Waals surface area contributed by atoms with Gasteiger partial charge in [0, 0.05) is 20.2 Å². The Morgan fingerprint density at radius 3 is 2.68 bits per heavy atom. The largest absolute Gasteiger partial charge is 0.308 e. The SMILES string of the molecule is CNC(c1cc(F)ccc1Cl)c1ncc(Br)cc1Br. The van der Waals surface area contributed by atoms with Crippen LogP contribution >= 0.6 is 43.5 Å². The predicted molar refractivity (Wildman–Crippen MR) is 81.9 cm³/mol. The van der Waals surface area contributed by atoms with Crippen molar-refractivity contribution in [2.45, 2.75) is 6.04 Å². The first-order chi connectivity index (χ1) is 9.02. The van der Waals surface area contributed by atoms with Crippen LogP contribution in [0.15, 0.2) is 39.4 Å². The van der Waals surface area contributed by atoms with Gasteiger partial charge in [-0.15, -0.1) is 0 Å². The molecule has 0 bridgehead atoms. The third-order valence-electron chi connectivity index (χ3n) is 2.67. The highest BCUT2D eigenvalue weighted by Gasteiger charge is 2.20. The molecule has 1 aromatic heterocycles. The lowest BCUT2D eigenvalue weighted by atomic mass is 10.0. The molecule has 0 saturated carbocycles. The van der Waals surface area contributed by atoms with Gasteiger partial charge in [-0.05, 0) is 68.7 Å². The van der Waals surface area contributed by atoms with Crippen molar-refractivity contribution in [1.82, 2.24) is 10.3 Å². The molecule has 0 radical (unpaired) electrons. The fourth-order valence-corrected chi connectivity index (χ4v) is 3.26. The second kappa shape index (κ2) is 6.31. The van der Waals surface area contributed by atoms with E-state index in [1.54, 1.807) is 19.3 Å².